The van der Waals surface area contributed by atoms with E-state index in [-0.39, 0.29) is 11.2 Å². The molecule has 1 unspecified atom stereocenters. The molecule has 4 aliphatic rings. The monoisotopic (exact) mass is 349 g/mol. The first-order chi connectivity index (χ1) is 11.8. The highest BCUT2D eigenvalue weighted by Crippen LogP contribution is 2.67. The topological polar surface area (TPSA) is 83.5 Å². The van der Waals surface area contributed by atoms with Crippen molar-refractivity contribution in [3.63, 3.8) is 0 Å². The fourth-order valence-electron chi connectivity index (χ4n) is 8.01. The molecule has 4 N–H and O–H groups in total. The normalized spacial score (nSPS) is 55.2. The molecule has 4 saturated carbocycles. The maximum atomic E-state index is 12.5. The van der Waals surface area contributed by atoms with Crippen molar-refractivity contribution in [3.05, 3.63) is 0 Å². The molecule has 4 heteroatoms. The van der Waals surface area contributed by atoms with Gasteiger partial charge in [0.1, 0.15) is 12.1 Å². The van der Waals surface area contributed by atoms with E-state index < -0.39 is 18.2 Å². The third-order valence-corrected chi connectivity index (χ3v) is 9.53. The van der Waals surface area contributed by atoms with Gasteiger partial charge in [0.25, 0.3) is 0 Å². The van der Waals surface area contributed by atoms with Crippen LogP contribution in [0.5, 0.6) is 0 Å². The van der Waals surface area contributed by atoms with Gasteiger partial charge in [-0.2, -0.15) is 0 Å². The van der Waals surface area contributed by atoms with Crippen LogP contribution in [0.15, 0.2) is 0 Å². The Bertz CT molecular complexity index is 565. The highest BCUT2D eigenvalue weighted by molar-refractivity contribution is 5.91. The standard InChI is InChI=1S/C21H35NO3/c1-19-9-4-3-5-13(19)6-7-14-15(19)8-10-20(2)16(14)11-17(24)21(20,22)18(25)12-23/h13-17,23-24H,3-12,22H2,1-2H3/t13?,14-,15+,16+,17-,19+,20+,21+/m1/s1. The number of ketones is 1. The van der Waals surface area contributed by atoms with Crippen LogP contribution in [0.2, 0.25) is 0 Å². The van der Waals surface area contributed by atoms with Crippen molar-refractivity contribution in [2.75, 3.05) is 6.61 Å². The minimum absolute atomic E-state index is 0.307. The summed E-state index contributed by atoms with van der Waals surface area (Å²) in [4.78, 5) is 12.5. The molecule has 142 valence electrons. The Morgan fingerprint density at radius 2 is 1.84 bits per heavy atom. The molecule has 4 rings (SSSR count). The van der Waals surface area contributed by atoms with Gasteiger partial charge in [-0.25, -0.2) is 0 Å². The number of aliphatic hydroxyl groups is 2. The third-order valence-electron chi connectivity index (χ3n) is 9.53. The van der Waals surface area contributed by atoms with Crippen molar-refractivity contribution in [3.8, 4) is 0 Å². The fourth-order valence-corrected chi connectivity index (χ4v) is 8.01. The molecule has 0 saturated heterocycles. The molecule has 25 heavy (non-hydrogen) atoms. The van der Waals surface area contributed by atoms with E-state index in [0.717, 1.165) is 18.8 Å². The molecule has 0 aromatic rings. The Morgan fingerprint density at radius 3 is 2.56 bits per heavy atom. The Balaban J connectivity index is 1.69. The second-order valence-corrected chi connectivity index (χ2v) is 10.1. The van der Waals surface area contributed by atoms with E-state index in [0.29, 0.717) is 29.6 Å². The summed E-state index contributed by atoms with van der Waals surface area (Å²) in [6.45, 7) is 4.08. The zero-order valence-electron chi connectivity index (χ0n) is 15.8. The fraction of sp³-hybridized carbons (Fsp3) is 0.952. The van der Waals surface area contributed by atoms with Gasteiger partial charge >= 0.3 is 0 Å². The molecule has 4 aliphatic carbocycles. The molecule has 0 heterocycles. The lowest BCUT2D eigenvalue weighted by Crippen LogP contribution is -2.66. The molecule has 0 aromatic heterocycles. The molecule has 8 atom stereocenters. The van der Waals surface area contributed by atoms with Gasteiger partial charge in [0.15, 0.2) is 5.78 Å². The molecule has 0 amide bonds. The van der Waals surface area contributed by atoms with Crippen LogP contribution >= 0.6 is 0 Å². The zero-order valence-corrected chi connectivity index (χ0v) is 15.8. The van der Waals surface area contributed by atoms with Gasteiger partial charge in [0.05, 0.1) is 6.10 Å². The number of fused-ring (bicyclic) bond motifs is 5. The molecule has 4 fully saturated rings. The van der Waals surface area contributed by atoms with Gasteiger partial charge in [-0.1, -0.05) is 26.7 Å². The Hall–Kier alpha value is -0.450. The smallest absolute Gasteiger partial charge is 0.181 e. The van der Waals surface area contributed by atoms with Crippen LogP contribution in [0.25, 0.3) is 0 Å². The maximum absolute atomic E-state index is 12.5. The summed E-state index contributed by atoms with van der Waals surface area (Å²) >= 11 is 0. The van der Waals surface area contributed by atoms with E-state index in [2.05, 4.69) is 13.8 Å². The minimum atomic E-state index is -1.28. The predicted molar refractivity (Wildman–Crippen MR) is 96.7 cm³/mol. The average molecular weight is 350 g/mol. The lowest BCUT2D eigenvalue weighted by molar-refractivity contribution is -0.144. The second kappa shape index (κ2) is 5.77. The molecule has 0 aromatic carbocycles. The first-order valence-electron chi connectivity index (χ1n) is 10.4. The van der Waals surface area contributed by atoms with E-state index in [1.807, 2.05) is 0 Å². The van der Waals surface area contributed by atoms with Crippen molar-refractivity contribution >= 4 is 5.78 Å². The number of hydrogen-bond donors (Lipinski definition) is 3. The van der Waals surface area contributed by atoms with Crippen molar-refractivity contribution in [1.82, 2.24) is 0 Å². The Labute approximate surface area is 151 Å². The van der Waals surface area contributed by atoms with Crippen molar-refractivity contribution in [1.29, 1.82) is 0 Å². The van der Waals surface area contributed by atoms with Crippen LogP contribution in [0, 0.1) is 34.5 Å². The predicted octanol–water partition coefficient (Wildman–Crippen LogP) is 2.65. The summed E-state index contributed by atoms with van der Waals surface area (Å²) in [6.07, 6.45) is 9.81. The lowest BCUT2D eigenvalue weighted by atomic mass is 9.44. The first kappa shape index (κ1) is 17.9. The van der Waals surface area contributed by atoms with Gasteiger partial charge in [0, 0.05) is 0 Å². The highest BCUT2D eigenvalue weighted by Gasteiger charge is 2.68. The summed E-state index contributed by atoms with van der Waals surface area (Å²) in [7, 11) is 0. The zero-order chi connectivity index (χ0) is 18.0. The van der Waals surface area contributed by atoms with Gasteiger partial charge in [0.2, 0.25) is 0 Å². The summed E-state index contributed by atoms with van der Waals surface area (Å²) in [5.41, 5.74) is 5.35. The largest absolute Gasteiger partial charge is 0.391 e. The summed E-state index contributed by atoms with van der Waals surface area (Å²) in [5, 5.41) is 20.2. The van der Waals surface area contributed by atoms with E-state index in [9.17, 15) is 15.0 Å². The van der Waals surface area contributed by atoms with Crippen molar-refractivity contribution in [2.24, 2.45) is 40.2 Å². The number of hydrogen-bond acceptors (Lipinski definition) is 4. The van der Waals surface area contributed by atoms with E-state index in [1.54, 1.807) is 0 Å². The quantitative estimate of drug-likeness (QED) is 0.716. The number of carbonyl (C=O) groups excluding carboxylic acids is 1. The highest BCUT2D eigenvalue weighted by atomic mass is 16.3. The van der Waals surface area contributed by atoms with Crippen LogP contribution < -0.4 is 5.73 Å². The van der Waals surface area contributed by atoms with Crippen LogP contribution in [0.3, 0.4) is 0 Å². The number of rotatable bonds is 2. The third kappa shape index (κ3) is 2.14. The summed E-state index contributed by atoms with van der Waals surface area (Å²) in [5.74, 6) is 2.08. The van der Waals surface area contributed by atoms with E-state index in [1.165, 1.54) is 38.5 Å². The van der Waals surface area contributed by atoms with Crippen LogP contribution in [0.1, 0.15) is 71.6 Å². The van der Waals surface area contributed by atoms with E-state index in [4.69, 9.17) is 5.73 Å². The first-order valence-corrected chi connectivity index (χ1v) is 10.4. The maximum Gasteiger partial charge on any atom is 0.181 e. The SMILES string of the molecule is C[C@]12CCCCC1CC[C@@H]1[C@@H]2CC[C@@]2(C)[C@H]1C[C@@H](O)[C@]2(N)C(=O)CO. The lowest BCUT2D eigenvalue weighted by Gasteiger charge is -2.61. The average Bonchev–Trinajstić information content (AvgIpc) is 2.82. The second-order valence-electron chi connectivity index (χ2n) is 10.1. The van der Waals surface area contributed by atoms with Crippen molar-refractivity contribution < 1.29 is 15.0 Å². The minimum Gasteiger partial charge on any atom is -0.391 e. The molecule has 0 spiro atoms. The van der Waals surface area contributed by atoms with Crippen LogP contribution in [-0.4, -0.2) is 34.2 Å². The van der Waals surface area contributed by atoms with Crippen LogP contribution in [0.4, 0.5) is 0 Å². The van der Waals surface area contributed by atoms with Gasteiger partial charge in [-0.15, -0.1) is 0 Å². The van der Waals surface area contributed by atoms with Crippen molar-refractivity contribution in [2.45, 2.75) is 83.3 Å². The molecule has 0 bridgehead atoms. The molecular formula is C21H35NO3. The van der Waals surface area contributed by atoms with Gasteiger partial charge in [-0.05, 0) is 79.4 Å². The van der Waals surface area contributed by atoms with Gasteiger partial charge < -0.3 is 15.9 Å². The van der Waals surface area contributed by atoms with Crippen LogP contribution in [-0.2, 0) is 4.79 Å². The van der Waals surface area contributed by atoms with Gasteiger partial charge in [-0.3, -0.25) is 4.79 Å². The molecule has 4 nitrogen and oxygen atoms in total. The number of aliphatic hydroxyl groups excluding tert-OH is 2. The molecule has 0 aliphatic heterocycles. The van der Waals surface area contributed by atoms with E-state index >= 15 is 0 Å². The Kier molecular flexibility index (Phi) is 4.14. The molecular weight excluding hydrogens is 314 g/mol. The number of carbonyl (C=O) groups is 1. The number of nitrogens with two attached hydrogens (primary N) is 1. The summed E-state index contributed by atoms with van der Waals surface area (Å²) < 4.78 is 0. The molecule has 0 radical (unpaired) electrons. The number of Topliss-reactive ketones (excluding diaryl/α,β-unsaturated/α-hetero) is 1. The Morgan fingerprint density at radius 1 is 1.08 bits per heavy atom. The summed E-state index contributed by atoms with van der Waals surface area (Å²) in [6, 6.07) is 0.